The molecule has 92 valence electrons. The van der Waals surface area contributed by atoms with Gasteiger partial charge in [-0.15, -0.1) is 0 Å². The molecule has 1 aromatic rings. The highest BCUT2D eigenvalue weighted by molar-refractivity contribution is 5.97. The van der Waals surface area contributed by atoms with Crippen LogP contribution in [0.4, 0.5) is 5.69 Å². The predicted octanol–water partition coefficient (Wildman–Crippen LogP) is 1.07. The summed E-state index contributed by atoms with van der Waals surface area (Å²) >= 11 is 0. The molecule has 0 spiro atoms. The van der Waals surface area contributed by atoms with E-state index in [0.717, 1.165) is 11.3 Å². The number of benzene rings is 1. The van der Waals surface area contributed by atoms with Crippen LogP contribution in [0.1, 0.15) is 18.0 Å². The van der Waals surface area contributed by atoms with Crippen LogP contribution in [0.5, 0.6) is 11.5 Å². The van der Waals surface area contributed by atoms with E-state index >= 15 is 0 Å². The number of rotatable bonds is 2. The molecule has 5 heteroatoms. The van der Waals surface area contributed by atoms with Gasteiger partial charge in [0.25, 0.3) is 0 Å². The molecule has 0 bridgehead atoms. The number of nitrogens with zero attached hydrogens (tertiary/aromatic N) is 1. The van der Waals surface area contributed by atoms with Crippen LogP contribution in [0.15, 0.2) is 12.1 Å². The van der Waals surface area contributed by atoms with Crippen LogP contribution in [0, 0.1) is 0 Å². The normalized spacial score (nSPS) is 18.9. The van der Waals surface area contributed by atoms with E-state index in [-0.39, 0.29) is 11.9 Å². The van der Waals surface area contributed by atoms with Crippen molar-refractivity contribution < 1.29 is 14.3 Å². The van der Waals surface area contributed by atoms with Gasteiger partial charge in [-0.25, -0.2) is 0 Å². The lowest BCUT2D eigenvalue weighted by Gasteiger charge is -2.31. The fourth-order valence-electron chi connectivity index (χ4n) is 2.09. The minimum absolute atomic E-state index is 0.000283. The van der Waals surface area contributed by atoms with Gasteiger partial charge in [-0.1, -0.05) is 0 Å². The Hall–Kier alpha value is -1.75. The SMILES string of the molecule is COc1cc(OC)c2c(c1)N(C)C(=O)CC2N. The van der Waals surface area contributed by atoms with Gasteiger partial charge in [0.1, 0.15) is 11.5 Å². The van der Waals surface area contributed by atoms with Gasteiger partial charge in [0.05, 0.1) is 19.9 Å². The summed E-state index contributed by atoms with van der Waals surface area (Å²) in [6.07, 6.45) is 0.298. The first kappa shape index (κ1) is 11.7. The van der Waals surface area contributed by atoms with Crippen LogP contribution in [0.2, 0.25) is 0 Å². The van der Waals surface area contributed by atoms with E-state index in [4.69, 9.17) is 15.2 Å². The van der Waals surface area contributed by atoms with E-state index in [2.05, 4.69) is 0 Å². The maximum Gasteiger partial charge on any atom is 0.228 e. The molecule has 0 aromatic heterocycles. The average molecular weight is 236 g/mol. The zero-order chi connectivity index (χ0) is 12.6. The summed E-state index contributed by atoms with van der Waals surface area (Å²) in [5.41, 5.74) is 7.61. The summed E-state index contributed by atoms with van der Waals surface area (Å²) in [6.45, 7) is 0. The van der Waals surface area contributed by atoms with Crippen LogP contribution in [-0.4, -0.2) is 27.2 Å². The fraction of sp³-hybridized carbons (Fsp3) is 0.417. The summed E-state index contributed by atoms with van der Waals surface area (Å²) in [4.78, 5) is 13.3. The second-order valence-corrected chi connectivity index (χ2v) is 4.03. The van der Waals surface area contributed by atoms with Gasteiger partial charge in [-0.05, 0) is 0 Å². The summed E-state index contributed by atoms with van der Waals surface area (Å²) in [6, 6.07) is 3.26. The third kappa shape index (κ3) is 1.82. The predicted molar refractivity (Wildman–Crippen MR) is 64.5 cm³/mol. The van der Waals surface area contributed by atoms with Crippen molar-refractivity contribution in [2.24, 2.45) is 5.73 Å². The van der Waals surface area contributed by atoms with Crippen LogP contribution < -0.4 is 20.1 Å². The van der Waals surface area contributed by atoms with E-state index in [0.29, 0.717) is 17.9 Å². The number of methoxy groups -OCH3 is 2. The van der Waals surface area contributed by atoms with Crippen molar-refractivity contribution in [3.05, 3.63) is 17.7 Å². The summed E-state index contributed by atoms with van der Waals surface area (Å²) in [7, 11) is 4.88. The van der Waals surface area contributed by atoms with Crippen molar-refractivity contribution in [1.29, 1.82) is 0 Å². The van der Waals surface area contributed by atoms with E-state index < -0.39 is 0 Å². The Morgan fingerprint density at radius 2 is 2.06 bits per heavy atom. The fourth-order valence-corrected chi connectivity index (χ4v) is 2.09. The lowest BCUT2D eigenvalue weighted by Crippen LogP contribution is -2.36. The zero-order valence-corrected chi connectivity index (χ0v) is 10.2. The van der Waals surface area contributed by atoms with Crippen LogP contribution >= 0.6 is 0 Å². The third-order valence-electron chi connectivity index (χ3n) is 3.05. The Kier molecular flexibility index (Phi) is 2.93. The minimum atomic E-state index is -0.324. The standard InChI is InChI=1S/C12H16N2O3/c1-14-9-4-7(16-2)5-10(17-3)12(9)8(13)6-11(14)15/h4-5,8H,6,13H2,1-3H3. The van der Waals surface area contributed by atoms with Crippen molar-refractivity contribution in [2.75, 3.05) is 26.2 Å². The highest BCUT2D eigenvalue weighted by atomic mass is 16.5. The smallest absolute Gasteiger partial charge is 0.228 e. The van der Waals surface area contributed by atoms with Gasteiger partial charge < -0.3 is 20.1 Å². The quantitative estimate of drug-likeness (QED) is 0.834. The zero-order valence-electron chi connectivity index (χ0n) is 10.2. The summed E-state index contributed by atoms with van der Waals surface area (Å²) < 4.78 is 10.5. The van der Waals surface area contributed by atoms with Crippen molar-refractivity contribution in [1.82, 2.24) is 0 Å². The van der Waals surface area contributed by atoms with Crippen molar-refractivity contribution >= 4 is 11.6 Å². The summed E-state index contributed by atoms with van der Waals surface area (Å²) in [5.74, 6) is 1.31. The minimum Gasteiger partial charge on any atom is -0.497 e. The summed E-state index contributed by atoms with van der Waals surface area (Å²) in [5, 5.41) is 0. The molecule has 1 aliphatic rings. The Morgan fingerprint density at radius 3 is 2.65 bits per heavy atom. The van der Waals surface area contributed by atoms with Gasteiger partial charge in [0, 0.05) is 37.2 Å². The molecule has 1 aliphatic heterocycles. The van der Waals surface area contributed by atoms with Crippen LogP contribution in [0.3, 0.4) is 0 Å². The first-order valence-corrected chi connectivity index (χ1v) is 5.36. The molecule has 1 atom stereocenters. The maximum absolute atomic E-state index is 11.7. The van der Waals surface area contributed by atoms with E-state index in [1.165, 1.54) is 0 Å². The lowest BCUT2D eigenvalue weighted by atomic mass is 9.95. The molecule has 1 heterocycles. The highest BCUT2D eigenvalue weighted by Gasteiger charge is 2.30. The van der Waals surface area contributed by atoms with Crippen molar-refractivity contribution in [2.45, 2.75) is 12.5 Å². The first-order valence-electron chi connectivity index (χ1n) is 5.36. The van der Waals surface area contributed by atoms with E-state index in [1.54, 1.807) is 38.3 Å². The Labute approximate surface area is 100 Å². The average Bonchev–Trinajstić information content (AvgIpc) is 2.34. The number of nitrogens with two attached hydrogens (primary N) is 1. The molecule has 5 nitrogen and oxygen atoms in total. The molecule has 0 saturated carbocycles. The molecule has 1 amide bonds. The number of amides is 1. The third-order valence-corrected chi connectivity index (χ3v) is 3.05. The molecule has 2 N–H and O–H groups in total. The largest absolute Gasteiger partial charge is 0.497 e. The number of ether oxygens (including phenoxy) is 2. The number of hydrogen-bond acceptors (Lipinski definition) is 4. The Morgan fingerprint density at radius 1 is 1.35 bits per heavy atom. The van der Waals surface area contributed by atoms with E-state index in [9.17, 15) is 4.79 Å². The Balaban J connectivity index is 2.63. The molecule has 1 unspecified atom stereocenters. The first-order chi connectivity index (χ1) is 8.08. The maximum atomic E-state index is 11.7. The number of hydrogen-bond donors (Lipinski definition) is 1. The molecule has 0 aliphatic carbocycles. The van der Waals surface area contributed by atoms with Gasteiger partial charge in [-0.3, -0.25) is 4.79 Å². The molecule has 2 rings (SSSR count). The highest BCUT2D eigenvalue weighted by Crippen LogP contribution is 2.41. The monoisotopic (exact) mass is 236 g/mol. The number of carbonyl (C=O) groups is 1. The van der Waals surface area contributed by atoms with Gasteiger partial charge >= 0.3 is 0 Å². The molecule has 0 saturated heterocycles. The van der Waals surface area contributed by atoms with Crippen molar-refractivity contribution in [3.8, 4) is 11.5 Å². The second-order valence-electron chi connectivity index (χ2n) is 4.03. The molecule has 0 radical (unpaired) electrons. The number of carbonyl (C=O) groups excluding carboxylic acids is 1. The Bertz CT molecular complexity index is 459. The van der Waals surface area contributed by atoms with Crippen LogP contribution in [0.25, 0.3) is 0 Å². The molecule has 0 fully saturated rings. The number of fused-ring (bicyclic) bond motifs is 1. The molecule has 17 heavy (non-hydrogen) atoms. The van der Waals surface area contributed by atoms with Gasteiger partial charge in [0.15, 0.2) is 0 Å². The second kappa shape index (κ2) is 4.25. The van der Waals surface area contributed by atoms with Crippen LogP contribution in [-0.2, 0) is 4.79 Å². The molecule has 1 aromatic carbocycles. The van der Waals surface area contributed by atoms with Crippen molar-refractivity contribution in [3.63, 3.8) is 0 Å². The van der Waals surface area contributed by atoms with Gasteiger partial charge in [0.2, 0.25) is 5.91 Å². The molecular weight excluding hydrogens is 220 g/mol. The molecular formula is C12H16N2O3. The van der Waals surface area contributed by atoms with E-state index in [1.807, 2.05) is 0 Å². The number of anilines is 1. The lowest BCUT2D eigenvalue weighted by molar-refractivity contribution is -0.119. The van der Waals surface area contributed by atoms with Gasteiger partial charge in [-0.2, -0.15) is 0 Å². The topological polar surface area (TPSA) is 64.8 Å².